The lowest BCUT2D eigenvalue weighted by Gasteiger charge is -2.17. The maximum Gasteiger partial charge on any atom is 0.260 e. The highest BCUT2D eigenvalue weighted by Crippen LogP contribution is 2.31. The highest BCUT2D eigenvalue weighted by Gasteiger charge is 2.22. The number of aromatic amines is 1. The van der Waals surface area contributed by atoms with E-state index in [0.29, 0.717) is 23.6 Å². The topological polar surface area (TPSA) is 55.0 Å². The fraction of sp³-hybridized carbons (Fsp3) is 0.429. The summed E-state index contributed by atoms with van der Waals surface area (Å²) >= 11 is 1.48. The smallest absolute Gasteiger partial charge is 0.260 e. The number of nitrogens with zero attached hydrogens (tertiary/aromatic N) is 1. The van der Waals surface area contributed by atoms with Crippen molar-refractivity contribution in [1.82, 2.24) is 9.97 Å². The monoisotopic (exact) mass is 278 g/mol. The number of fused-ring (bicyclic) bond motifs is 1. The van der Waals surface area contributed by atoms with Crippen molar-refractivity contribution in [2.24, 2.45) is 0 Å². The fourth-order valence-electron chi connectivity index (χ4n) is 1.88. The Balaban J connectivity index is 2.62. The van der Waals surface area contributed by atoms with Gasteiger partial charge in [-0.15, -0.1) is 11.3 Å². The van der Waals surface area contributed by atoms with Gasteiger partial charge in [0.05, 0.1) is 12.0 Å². The second kappa shape index (κ2) is 4.81. The average Bonchev–Trinajstić information content (AvgIpc) is 2.73. The van der Waals surface area contributed by atoms with Gasteiger partial charge in [0.2, 0.25) is 0 Å². The van der Waals surface area contributed by atoms with Gasteiger partial charge in [-0.1, -0.05) is 27.4 Å². The molecular weight excluding hydrogens is 260 g/mol. The molecule has 2 aromatic rings. The lowest BCUT2D eigenvalue weighted by atomic mass is 9.87. The number of hydrogen-bond acceptors (Lipinski definition) is 4. The third-order valence-corrected chi connectivity index (χ3v) is 3.71. The fourth-order valence-corrected chi connectivity index (χ4v) is 3.04. The molecule has 102 valence electrons. The number of H-pyrrole nitrogens is 1. The maximum absolute atomic E-state index is 12.3. The molecule has 1 N–H and O–H groups in total. The molecule has 0 aliphatic carbocycles. The largest absolute Gasteiger partial charge is 0.491 e. The third kappa shape index (κ3) is 2.56. The molecule has 2 rings (SSSR count). The number of thiophene rings is 1. The summed E-state index contributed by atoms with van der Waals surface area (Å²) in [6.07, 6.45) is 0. The van der Waals surface area contributed by atoms with Gasteiger partial charge in [0.1, 0.15) is 4.83 Å². The van der Waals surface area contributed by atoms with E-state index in [9.17, 15) is 4.79 Å². The highest BCUT2D eigenvalue weighted by atomic mass is 32.1. The van der Waals surface area contributed by atoms with E-state index in [1.54, 1.807) is 0 Å². The Labute approximate surface area is 116 Å². The van der Waals surface area contributed by atoms with Crippen molar-refractivity contribution in [3.63, 3.8) is 0 Å². The van der Waals surface area contributed by atoms with E-state index in [1.165, 1.54) is 11.3 Å². The van der Waals surface area contributed by atoms with Gasteiger partial charge in [-0.2, -0.15) is 0 Å². The lowest BCUT2D eigenvalue weighted by molar-refractivity contribution is 0.296. The van der Waals surface area contributed by atoms with Gasteiger partial charge in [0, 0.05) is 0 Å². The van der Waals surface area contributed by atoms with Crippen LogP contribution in [0, 0.1) is 0 Å². The molecule has 0 aromatic carbocycles. The minimum absolute atomic E-state index is 0.0780. The normalized spacial score (nSPS) is 11.8. The van der Waals surface area contributed by atoms with E-state index in [1.807, 2.05) is 12.3 Å². The molecule has 0 bridgehead atoms. The maximum atomic E-state index is 12.3. The summed E-state index contributed by atoms with van der Waals surface area (Å²) in [5.41, 5.74) is 0.813. The Morgan fingerprint density at radius 2 is 2.21 bits per heavy atom. The Morgan fingerprint density at radius 3 is 2.79 bits per heavy atom. The van der Waals surface area contributed by atoms with E-state index in [2.05, 4.69) is 37.3 Å². The van der Waals surface area contributed by atoms with Crippen LogP contribution in [0.2, 0.25) is 0 Å². The first-order chi connectivity index (χ1) is 8.84. The summed E-state index contributed by atoms with van der Waals surface area (Å²) in [6, 6.07) is 0. The molecule has 0 atom stereocenters. The Kier molecular flexibility index (Phi) is 3.49. The molecular formula is C14H18N2O2S. The van der Waals surface area contributed by atoms with E-state index in [4.69, 9.17) is 4.74 Å². The SMILES string of the molecule is C=C(OCC)c1nc2scc(C(C)(C)C)c2c(=O)[nH]1. The summed E-state index contributed by atoms with van der Waals surface area (Å²) in [5.74, 6) is 0.800. The number of hydrogen-bond donors (Lipinski definition) is 1. The molecule has 0 aliphatic rings. The van der Waals surface area contributed by atoms with Crippen LogP contribution in [-0.2, 0) is 10.2 Å². The predicted molar refractivity (Wildman–Crippen MR) is 79.6 cm³/mol. The first-order valence-electron chi connectivity index (χ1n) is 6.18. The third-order valence-electron chi connectivity index (χ3n) is 2.83. The number of rotatable bonds is 3. The van der Waals surface area contributed by atoms with Crippen LogP contribution in [0.25, 0.3) is 16.0 Å². The molecule has 4 nitrogen and oxygen atoms in total. The van der Waals surface area contributed by atoms with Crippen LogP contribution in [0.3, 0.4) is 0 Å². The van der Waals surface area contributed by atoms with E-state index >= 15 is 0 Å². The van der Waals surface area contributed by atoms with Crippen LogP contribution in [0.5, 0.6) is 0 Å². The number of nitrogens with one attached hydrogen (secondary N) is 1. The van der Waals surface area contributed by atoms with Crippen molar-refractivity contribution in [3.05, 3.63) is 33.7 Å². The van der Waals surface area contributed by atoms with E-state index < -0.39 is 0 Å². The zero-order valence-corrected chi connectivity index (χ0v) is 12.5. The summed E-state index contributed by atoms with van der Waals surface area (Å²) in [7, 11) is 0. The Hall–Kier alpha value is -1.62. The van der Waals surface area contributed by atoms with E-state index in [0.717, 1.165) is 10.4 Å². The van der Waals surface area contributed by atoms with Gasteiger partial charge in [-0.3, -0.25) is 4.79 Å². The van der Waals surface area contributed by atoms with Crippen molar-refractivity contribution in [3.8, 4) is 0 Å². The van der Waals surface area contributed by atoms with Crippen LogP contribution in [0.4, 0.5) is 0 Å². The Bertz CT molecular complexity index is 677. The summed E-state index contributed by atoms with van der Waals surface area (Å²) in [5, 5.41) is 2.67. The molecule has 0 saturated heterocycles. The molecule has 0 aliphatic heterocycles. The lowest BCUT2D eigenvalue weighted by Crippen LogP contribution is -2.17. The molecule has 0 radical (unpaired) electrons. The number of ether oxygens (including phenoxy) is 1. The summed E-state index contributed by atoms with van der Waals surface area (Å²) < 4.78 is 5.28. The van der Waals surface area contributed by atoms with Gasteiger partial charge in [-0.05, 0) is 23.3 Å². The molecule has 0 unspecified atom stereocenters. The quantitative estimate of drug-likeness (QED) is 0.876. The minimum atomic E-state index is -0.132. The zero-order valence-electron chi connectivity index (χ0n) is 11.7. The van der Waals surface area contributed by atoms with Crippen molar-refractivity contribution < 1.29 is 4.74 Å². The molecule has 5 heteroatoms. The van der Waals surface area contributed by atoms with Crippen LogP contribution in [0.1, 0.15) is 39.1 Å². The van der Waals surface area contributed by atoms with Crippen molar-refractivity contribution in [2.45, 2.75) is 33.1 Å². The van der Waals surface area contributed by atoms with Gasteiger partial charge in [0.25, 0.3) is 5.56 Å². The van der Waals surface area contributed by atoms with Crippen molar-refractivity contribution in [2.75, 3.05) is 6.61 Å². The Morgan fingerprint density at radius 1 is 1.53 bits per heavy atom. The van der Waals surface area contributed by atoms with Gasteiger partial charge in [0.15, 0.2) is 11.6 Å². The highest BCUT2D eigenvalue weighted by molar-refractivity contribution is 7.16. The van der Waals surface area contributed by atoms with Crippen LogP contribution >= 0.6 is 11.3 Å². The second-order valence-electron chi connectivity index (χ2n) is 5.35. The molecule has 0 amide bonds. The van der Waals surface area contributed by atoms with Crippen molar-refractivity contribution in [1.29, 1.82) is 0 Å². The second-order valence-corrected chi connectivity index (χ2v) is 6.21. The first-order valence-corrected chi connectivity index (χ1v) is 7.06. The first kappa shape index (κ1) is 13.8. The molecule has 2 heterocycles. The standard InChI is InChI=1S/C14H18N2O2S/c1-6-18-8(2)11-15-12(17)10-9(14(3,4)5)7-19-13(10)16-11/h7H,2,6H2,1,3-5H3,(H,15,16,17). The molecule has 0 spiro atoms. The summed E-state index contributed by atoms with van der Waals surface area (Å²) in [4.78, 5) is 20.2. The van der Waals surface area contributed by atoms with Gasteiger partial charge >= 0.3 is 0 Å². The number of aromatic nitrogens is 2. The van der Waals surface area contributed by atoms with Crippen molar-refractivity contribution >= 4 is 27.3 Å². The van der Waals surface area contributed by atoms with Crippen LogP contribution < -0.4 is 5.56 Å². The van der Waals surface area contributed by atoms with Gasteiger partial charge < -0.3 is 9.72 Å². The molecule has 2 aromatic heterocycles. The zero-order chi connectivity index (χ0) is 14.2. The molecule has 19 heavy (non-hydrogen) atoms. The van der Waals surface area contributed by atoms with Crippen LogP contribution in [-0.4, -0.2) is 16.6 Å². The predicted octanol–water partition coefficient (Wildman–Crippen LogP) is 3.29. The molecule has 0 saturated carbocycles. The van der Waals surface area contributed by atoms with Crippen LogP contribution in [0.15, 0.2) is 16.8 Å². The summed E-state index contributed by atoms with van der Waals surface area (Å²) in [6.45, 7) is 12.4. The molecule has 0 fully saturated rings. The minimum Gasteiger partial charge on any atom is -0.491 e. The average molecular weight is 278 g/mol. The van der Waals surface area contributed by atoms with Gasteiger partial charge in [-0.25, -0.2) is 4.98 Å². The van der Waals surface area contributed by atoms with E-state index in [-0.39, 0.29) is 11.0 Å².